The average Bonchev–Trinajstić information content (AvgIpc) is 3.19. The minimum absolute atomic E-state index is 0.0839. The van der Waals surface area contributed by atoms with E-state index in [-0.39, 0.29) is 16.9 Å². The molecule has 8 nitrogen and oxygen atoms in total. The molecule has 1 amide bonds. The number of hydrogen-bond donors (Lipinski definition) is 2. The van der Waals surface area contributed by atoms with Gasteiger partial charge in [0.25, 0.3) is 11.5 Å². The molecule has 0 radical (unpaired) electrons. The summed E-state index contributed by atoms with van der Waals surface area (Å²) in [5, 5.41) is 8.61. The number of nitrogens with zero attached hydrogens (tertiary/aromatic N) is 4. The first kappa shape index (κ1) is 20.7. The Morgan fingerprint density at radius 1 is 1.17 bits per heavy atom. The minimum Gasteiger partial charge on any atom is -0.381 e. The van der Waals surface area contributed by atoms with Crippen LogP contribution in [0.25, 0.3) is 22.1 Å². The Labute approximate surface area is 200 Å². The molecule has 0 unspecified atom stereocenters. The number of anilines is 1. The number of nitrogen functional groups attached to an aromatic ring is 1. The Morgan fingerprint density at radius 3 is 2.74 bits per heavy atom. The number of benzene rings is 2. The first-order valence-electron chi connectivity index (χ1n) is 11.1. The standard InChI is InChI=1S/C27H20N6O2/c1-3-16-10-11-17-14-19-20(17)21(16)27(35)33(18-8-5-4-6-9-18)23(19)15(2)30-26(34)22-24(28)31-32-13-7-12-29-25(22)32/h1,4-13,15H,14H2,2H3,(H2,28,31)(H,30,34)/t15-/m0/s1. The molecule has 3 N–H and O–H groups in total. The van der Waals surface area contributed by atoms with E-state index >= 15 is 0 Å². The van der Waals surface area contributed by atoms with Gasteiger partial charge in [0.15, 0.2) is 11.5 Å². The van der Waals surface area contributed by atoms with E-state index in [1.807, 2.05) is 49.4 Å². The molecule has 0 aliphatic heterocycles. The maximum absolute atomic E-state index is 13.9. The Morgan fingerprint density at radius 2 is 1.97 bits per heavy atom. The molecular formula is C27H20N6O2. The third-order valence-electron chi connectivity index (χ3n) is 6.50. The van der Waals surface area contributed by atoms with Crippen molar-refractivity contribution in [2.75, 3.05) is 5.73 Å². The minimum atomic E-state index is -0.518. The number of para-hydroxylation sites is 1. The third-order valence-corrected chi connectivity index (χ3v) is 6.50. The van der Waals surface area contributed by atoms with E-state index in [0.29, 0.717) is 34.4 Å². The predicted molar refractivity (Wildman–Crippen MR) is 134 cm³/mol. The van der Waals surface area contributed by atoms with Gasteiger partial charge in [-0.05, 0) is 47.7 Å². The molecule has 0 spiro atoms. The third kappa shape index (κ3) is 2.95. The zero-order chi connectivity index (χ0) is 24.3. The number of carbonyl (C=O) groups excluding carboxylic acids is 1. The molecule has 170 valence electrons. The van der Waals surface area contributed by atoms with Gasteiger partial charge < -0.3 is 11.1 Å². The van der Waals surface area contributed by atoms with E-state index in [2.05, 4.69) is 21.3 Å². The lowest BCUT2D eigenvalue weighted by Crippen LogP contribution is -2.35. The molecule has 3 aromatic heterocycles. The summed E-state index contributed by atoms with van der Waals surface area (Å²) in [4.78, 5) is 31.5. The van der Waals surface area contributed by atoms with Crippen LogP contribution in [0.5, 0.6) is 0 Å². The number of rotatable bonds is 4. The molecule has 1 aliphatic carbocycles. The summed E-state index contributed by atoms with van der Waals surface area (Å²) in [7, 11) is 0. The first-order valence-corrected chi connectivity index (χ1v) is 11.1. The lowest BCUT2D eigenvalue weighted by Gasteiger charge is -2.30. The van der Waals surface area contributed by atoms with Crippen molar-refractivity contribution in [1.82, 2.24) is 24.5 Å². The van der Waals surface area contributed by atoms with Crippen LogP contribution in [-0.2, 0) is 6.42 Å². The van der Waals surface area contributed by atoms with Gasteiger partial charge in [-0.25, -0.2) is 9.50 Å². The number of pyridine rings is 1. The Hall–Kier alpha value is -4.90. The summed E-state index contributed by atoms with van der Waals surface area (Å²) >= 11 is 0. The second-order valence-electron chi connectivity index (χ2n) is 8.53. The topological polar surface area (TPSA) is 107 Å². The second-order valence-corrected chi connectivity index (χ2v) is 8.53. The molecule has 0 saturated carbocycles. The van der Waals surface area contributed by atoms with Gasteiger partial charge in [-0.1, -0.05) is 30.2 Å². The fourth-order valence-corrected chi connectivity index (χ4v) is 4.97. The van der Waals surface area contributed by atoms with Crippen LogP contribution in [-0.4, -0.2) is 25.1 Å². The molecule has 1 aliphatic rings. The summed E-state index contributed by atoms with van der Waals surface area (Å²) in [6.45, 7) is 1.85. The smallest absolute Gasteiger partial charge is 0.264 e. The molecule has 6 rings (SSSR count). The maximum Gasteiger partial charge on any atom is 0.264 e. The molecular weight excluding hydrogens is 440 g/mol. The second kappa shape index (κ2) is 7.57. The number of hydrogen-bond acceptors (Lipinski definition) is 5. The highest BCUT2D eigenvalue weighted by atomic mass is 16.2. The lowest BCUT2D eigenvalue weighted by atomic mass is 9.81. The van der Waals surface area contributed by atoms with Gasteiger partial charge in [-0.15, -0.1) is 11.5 Å². The van der Waals surface area contributed by atoms with Crippen molar-refractivity contribution in [1.29, 1.82) is 0 Å². The quantitative estimate of drug-likeness (QED) is 0.393. The van der Waals surface area contributed by atoms with E-state index in [9.17, 15) is 9.59 Å². The number of fused-ring (bicyclic) bond motifs is 1. The Kier molecular flexibility index (Phi) is 4.47. The molecule has 0 saturated heterocycles. The summed E-state index contributed by atoms with van der Waals surface area (Å²) in [5.74, 6) is 2.32. The molecule has 1 atom stereocenters. The van der Waals surface area contributed by atoms with Gasteiger partial charge in [-0.2, -0.15) is 0 Å². The number of amides is 1. The molecule has 0 fully saturated rings. The van der Waals surface area contributed by atoms with Crippen molar-refractivity contribution in [2.24, 2.45) is 0 Å². The summed E-state index contributed by atoms with van der Waals surface area (Å²) in [6.07, 6.45) is 9.67. The van der Waals surface area contributed by atoms with Crippen molar-refractivity contribution in [3.63, 3.8) is 0 Å². The largest absolute Gasteiger partial charge is 0.381 e. The molecule has 35 heavy (non-hydrogen) atoms. The van der Waals surface area contributed by atoms with Gasteiger partial charge in [-0.3, -0.25) is 14.2 Å². The van der Waals surface area contributed by atoms with Crippen LogP contribution in [0.2, 0.25) is 0 Å². The van der Waals surface area contributed by atoms with Crippen molar-refractivity contribution < 1.29 is 4.79 Å². The van der Waals surface area contributed by atoms with E-state index in [1.54, 1.807) is 23.0 Å². The Balaban J connectivity index is 1.54. The van der Waals surface area contributed by atoms with Crippen LogP contribution >= 0.6 is 0 Å². The molecule has 0 bridgehead atoms. The van der Waals surface area contributed by atoms with Crippen LogP contribution < -0.4 is 16.6 Å². The maximum atomic E-state index is 13.9. The van der Waals surface area contributed by atoms with E-state index < -0.39 is 11.9 Å². The lowest BCUT2D eigenvalue weighted by molar-refractivity contribution is 0.0941. The number of nitrogens with two attached hydrogens (primary N) is 1. The van der Waals surface area contributed by atoms with Crippen LogP contribution in [0.1, 0.15) is 45.7 Å². The fourth-order valence-electron chi connectivity index (χ4n) is 4.97. The number of nitrogens with one attached hydrogen (secondary N) is 1. The zero-order valence-electron chi connectivity index (χ0n) is 18.8. The van der Waals surface area contributed by atoms with Crippen LogP contribution in [0.3, 0.4) is 0 Å². The zero-order valence-corrected chi connectivity index (χ0v) is 18.8. The average molecular weight is 460 g/mol. The summed E-state index contributed by atoms with van der Waals surface area (Å²) < 4.78 is 3.12. The highest BCUT2D eigenvalue weighted by Crippen LogP contribution is 2.39. The van der Waals surface area contributed by atoms with Crippen molar-refractivity contribution in [3.8, 4) is 18.0 Å². The number of aromatic nitrogens is 4. The molecule has 2 aromatic carbocycles. The number of carbonyl (C=O) groups is 1. The predicted octanol–water partition coefficient (Wildman–Crippen LogP) is 2.99. The Bertz CT molecular complexity index is 1780. The van der Waals surface area contributed by atoms with E-state index in [4.69, 9.17) is 12.2 Å². The fraction of sp³-hybridized carbons (Fsp3) is 0.111. The van der Waals surface area contributed by atoms with Crippen molar-refractivity contribution in [2.45, 2.75) is 19.4 Å². The molecule has 8 heteroatoms. The molecule has 5 aromatic rings. The van der Waals surface area contributed by atoms with E-state index in [1.165, 1.54) is 4.52 Å². The van der Waals surface area contributed by atoms with Crippen molar-refractivity contribution in [3.05, 3.63) is 99.2 Å². The monoisotopic (exact) mass is 460 g/mol. The normalized spacial score (nSPS) is 12.8. The SMILES string of the molecule is C#Cc1ccc2c3c(c([C@H](C)NC(=O)c4c(N)nn5cccnc45)n(-c4ccccc4)c(=O)c13)C2. The van der Waals surface area contributed by atoms with Crippen LogP contribution in [0, 0.1) is 12.3 Å². The van der Waals surface area contributed by atoms with Crippen LogP contribution in [0.15, 0.2) is 65.7 Å². The van der Waals surface area contributed by atoms with Gasteiger partial charge in [0.05, 0.1) is 17.1 Å². The van der Waals surface area contributed by atoms with Crippen molar-refractivity contribution >= 4 is 28.1 Å². The summed E-state index contributed by atoms with van der Waals surface area (Å²) in [6, 6.07) is 14.3. The van der Waals surface area contributed by atoms with E-state index in [0.717, 1.165) is 16.5 Å². The van der Waals surface area contributed by atoms with Gasteiger partial charge in [0.1, 0.15) is 5.56 Å². The molecule has 3 heterocycles. The van der Waals surface area contributed by atoms with Gasteiger partial charge in [0.2, 0.25) is 0 Å². The summed E-state index contributed by atoms with van der Waals surface area (Å²) in [5.41, 5.74) is 10.4. The highest BCUT2D eigenvalue weighted by Gasteiger charge is 2.31. The first-order chi connectivity index (χ1) is 17.0. The van der Waals surface area contributed by atoms with Gasteiger partial charge in [0, 0.05) is 30.1 Å². The number of terminal acetylenes is 1. The highest BCUT2D eigenvalue weighted by molar-refractivity contribution is 6.04. The van der Waals surface area contributed by atoms with Crippen LogP contribution in [0.4, 0.5) is 5.82 Å². The van der Waals surface area contributed by atoms with Gasteiger partial charge >= 0.3 is 0 Å².